The van der Waals surface area contributed by atoms with Crippen molar-refractivity contribution in [2.45, 2.75) is 31.8 Å². The van der Waals surface area contributed by atoms with E-state index in [1.165, 1.54) is 0 Å². The van der Waals surface area contributed by atoms with Crippen molar-refractivity contribution in [2.75, 3.05) is 33.9 Å². The molecule has 29 heavy (non-hydrogen) atoms. The second-order valence-corrected chi connectivity index (χ2v) is 6.98. The first kappa shape index (κ1) is 20.8. The van der Waals surface area contributed by atoms with E-state index in [4.69, 9.17) is 9.47 Å². The predicted molar refractivity (Wildman–Crippen MR) is 106 cm³/mol. The molecule has 156 valence electrons. The van der Waals surface area contributed by atoms with E-state index >= 15 is 0 Å². The first-order valence-electron chi connectivity index (χ1n) is 9.70. The quantitative estimate of drug-likeness (QED) is 0.627. The van der Waals surface area contributed by atoms with Crippen LogP contribution < -0.4 is 10.1 Å². The van der Waals surface area contributed by atoms with Crippen molar-refractivity contribution < 1.29 is 19.1 Å². The number of carbonyl (C=O) groups is 2. The first-order chi connectivity index (χ1) is 14.1. The lowest BCUT2D eigenvalue weighted by Gasteiger charge is -2.24. The number of hydrogen-bond acceptors (Lipinski definition) is 6. The van der Waals surface area contributed by atoms with Gasteiger partial charge in [0.05, 0.1) is 38.9 Å². The standard InChI is InChI=1S/C20H27N5O4/c1-28-11-9-21-20(27)18-14-24(23-22-18)13-16-4-3-10-25(16)19(26)12-15-5-7-17(29-2)8-6-15/h5-8,14,16H,3-4,9-13H2,1-2H3,(H,21,27). The first-order valence-corrected chi connectivity index (χ1v) is 9.70. The highest BCUT2D eigenvalue weighted by Gasteiger charge is 2.29. The van der Waals surface area contributed by atoms with E-state index in [2.05, 4.69) is 15.6 Å². The fourth-order valence-electron chi connectivity index (χ4n) is 3.44. The number of aromatic nitrogens is 3. The number of ether oxygens (including phenoxy) is 2. The summed E-state index contributed by atoms with van der Waals surface area (Å²) in [5.41, 5.74) is 1.22. The number of hydrogen-bond donors (Lipinski definition) is 1. The predicted octanol–water partition coefficient (Wildman–Crippen LogP) is 0.897. The monoisotopic (exact) mass is 401 g/mol. The van der Waals surface area contributed by atoms with E-state index in [9.17, 15) is 9.59 Å². The Morgan fingerprint density at radius 1 is 1.24 bits per heavy atom. The van der Waals surface area contributed by atoms with Crippen LogP contribution in [0.4, 0.5) is 0 Å². The average Bonchev–Trinajstić information content (AvgIpc) is 3.39. The molecule has 0 saturated carbocycles. The molecule has 1 N–H and O–H groups in total. The Labute approximate surface area is 170 Å². The molecule has 9 nitrogen and oxygen atoms in total. The van der Waals surface area contributed by atoms with Crippen molar-refractivity contribution in [3.63, 3.8) is 0 Å². The molecule has 1 fully saturated rings. The van der Waals surface area contributed by atoms with Crippen LogP contribution in [0.3, 0.4) is 0 Å². The van der Waals surface area contributed by atoms with Gasteiger partial charge in [-0.1, -0.05) is 17.3 Å². The van der Waals surface area contributed by atoms with Crippen LogP contribution in [0.1, 0.15) is 28.9 Å². The van der Waals surface area contributed by atoms with Gasteiger partial charge in [-0.15, -0.1) is 5.10 Å². The Hall–Kier alpha value is -2.94. The summed E-state index contributed by atoms with van der Waals surface area (Å²) in [6, 6.07) is 7.59. The maximum atomic E-state index is 12.8. The lowest BCUT2D eigenvalue weighted by molar-refractivity contribution is -0.131. The normalized spacial score (nSPS) is 16.1. The van der Waals surface area contributed by atoms with Gasteiger partial charge in [-0.25, -0.2) is 4.68 Å². The number of nitrogens with zero attached hydrogens (tertiary/aromatic N) is 4. The molecule has 1 aromatic carbocycles. The Bertz CT molecular complexity index is 821. The van der Waals surface area contributed by atoms with Gasteiger partial charge in [-0.2, -0.15) is 0 Å². The van der Waals surface area contributed by atoms with Gasteiger partial charge in [0.25, 0.3) is 5.91 Å². The minimum Gasteiger partial charge on any atom is -0.497 e. The third kappa shape index (κ3) is 5.54. The summed E-state index contributed by atoms with van der Waals surface area (Å²) in [5, 5.41) is 10.7. The summed E-state index contributed by atoms with van der Waals surface area (Å²) in [7, 11) is 3.19. The number of methoxy groups -OCH3 is 2. The summed E-state index contributed by atoms with van der Waals surface area (Å²) in [6.45, 7) is 2.11. The van der Waals surface area contributed by atoms with Crippen LogP contribution in [0.15, 0.2) is 30.5 Å². The summed E-state index contributed by atoms with van der Waals surface area (Å²) < 4.78 is 11.7. The van der Waals surface area contributed by atoms with Crippen LogP contribution in [-0.2, 0) is 22.5 Å². The molecular formula is C20H27N5O4. The van der Waals surface area contributed by atoms with Crippen molar-refractivity contribution in [1.29, 1.82) is 0 Å². The van der Waals surface area contributed by atoms with Gasteiger partial charge in [-0.3, -0.25) is 9.59 Å². The van der Waals surface area contributed by atoms with Crippen LogP contribution in [0.2, 0.25) is 0 Å². The minimum atomic E-state index is -0.285. The molecule has 1 unspecified atom stereocenters. The van der Waals surface area contributed by atoms with E-state index in [1.807, 2.05) is 29.2 Å². The number of nitrogens with one attached hydrogen (secondary N) is 1. The van der Waals surface area contributed by atoms with Gasteiger partial charge in [0, 0.05) is 20.2 Å². The summed E-state index contributed by atoms with van der Waals surface area (Å²) in [5.74, 6) is 0.580. The lowest BCUT2D eigenvalue weighted by atomic mass is 10.1. The molecule has 3 rings (SSSR count). The van der Waals surface area contributed by atoms with Crippen LogP contribution in [-0.4, -0.2) is 71.7 Å². The second-order valence-electron chi connectivity index (χ2n) is 6.98. The van der Waals surface area contributed by atoms with Crippen molar-refractivity contribution >= 4 is 11.8 Å². The molecular weight excluding hydrogens is 374 g/mol. The minimum absolute atomic E-state index is 0.0480. The number of rotatable bonds is 9. The van der Waals surface area contributed by atoms with Crippen molar-refractivity contribution in [1.82, 2.24) is 25.2 Å². The highest BCUT2D eigenvalue weighted by Crippen LogP contribution is 2.21. The number of benzene rings is 1. The van der Waals surface area contributed by atoms with Gasteiger partial charge in [0.2, 0.25) is 5.91 Å². The molecule has 2 heterocycles. The van der Waals surface area contributed by atoms with Gasteiger partial charge in [-0.05, 0) is 30.5 Å². The van der Waals surface area contributed by atoms with Crippen LogP contribution in [0.25, 0.3) is 0 Å². The van der Waals surface area contributed by atoms with E-state index < -0.39 is 0 Å². The van der Waals surface area contributed by atoms with Crippen LogP contribution in [0.5, 0.6) is 5.75 Å². The fourth-order valence-corrected chi connectivity index (χ4v) is 3.44. The van der Waals surface area contributed by atoms with E-state index in [1.54, 1.807) is 25.1 Å². The number of amides is 2. The maximum absolute atomic E-state index is 12.8. The Kier molecular flexibility index (Phi) is 7.18. The largest absolute Gasteiger partial charge is 0.497 e. The van der Waals surface area contributed by atoms with Crippen molar-refractivity contribution in [2.24, 2.45) is 0 Å². The Morgan fingerprint density at radius 3 is 2.76 bits per heavy atom. The third-order valence-corrected chi connectivity index (χ3v) is 4.97. The molecule has 2 aromatic rings. The van der Waals surface area contributed by atoms with Gasteiger partial charge < -0.3 is 19.7 Å². The zero-order valence-electron chi connectivity index (χ0n) is 16.8. The second kappa shape index (κ2) is 10.0. The molecule has 1 atom stereocenters. The summed E-state index contributed by atoms with van der Waals surface area (Å²) in [6.07, 6.45) is 3.83. The SMILES string of the molecule is COCCNC(=O)c1cn(CC2CCCN2C(=O)Cc2ccc(OC)cc2)nn1. The fraction of sp³-hybridized carbons (Fsp3) is 0.500. The van der Waals surface area contributed by atoms with Gasteiger partial charge >= 0.3 is 0 Å². The third-order valence-electron chi connectivity index (χ3n) is 4.97. The van der Waals surface area contributed by atoms with Crippen molar-refractivity contribution in [3.05, 3.63) is 41.7 Å². The van der Waals surface area contributed by atoms with Crippen LogP contribution in [0, 0.1) is 0 Å². The summed E-state index contributed by atoms with van der Waals surface area (Å²) >= 11 is 0. The molecule has 9 heteroatoms. The molecule has 1 aliphatic rings. The summed E-state index contributed by atoms with van der Waals surface area (Å²) in [4.78, 5) is 26.7. The average molecular weight is 401 g/mol. The molecule has 2 amide bonds. The van der Waals surface area contributed by atoms with Gasteiger partial charge in [0.1, 0.15) is 5.75 Å². The highest BCUT2D eigenvalue weighted by atomic mass is 16.5. The van der Waals surface area contributed by atoms with E-state index in [0.717, 1.165) is 30.7 Å². The highest BCUT2D eigenvalue weighted by molar-refractivity contribution is 5.91. The van der Waals surface area contributed by atoms with Gasteiger partial charge in [0.15, 0.2) is 5.69 Å². The topological polar surface area (TPSA) is 98.6 Å². The number of carbonyl (C=O) groups excluding carboxylic acids is 2. The number of likely N-dealkylation sites (tertiary alicyclic amines) is 1. The molecule has 0 bridgehead atoms. The molecule has 1 aromatic heterocycles. The van der Waals surface area contributed by atoms with Crippen molar-refractivity contribution in [3.8, 4) is 5.75 Å². The molecule has 0 radical (unpaired) electrons. The Balaban J connectivity index is 1.56. The van der Waals surface area contributed by atoms with E-state index in [0.29, 0.717) is 26.1 Å². The molecule has 0 spiro atoms. The molecule has 0 aliphatic carbocycles. The van der Waals surface area contributed by atoms with E-state index in [-0.39, 0.29) is 23.6 Å². The zero-order valence-corrected chi connectivity index (χ0v) is 16.8. The van der Waals surface area contributed by atoms with Crippen LogP contribution >= 0.6 is 0 Å². The maximum Gasteiger partial charge on any atom is 0.273 e. The zero-order chi connectivity index (χ0) is 20.6. The smallest absolute Gasteiger partial charge is 0.273 e. The molecule has 1 saturated heterocycles. The Morgan fingerprint density at radius 2 is 2.03 bits per heavy atom. The lowest BCUT2D eigenvalue weighted by Crippen LogP contribution is -2.39. The molecule has 1 aliphatic heterocycles.